The van der Waals surface area contributed by atoms with Crippen LogP contribution in [-0.2, 0) is 0 Å². The number of hydrogen-bond donors (Lipinski definition) is 2. The molecular weight excluding hydrogens is 116 g/mol. The first-order valence-corrected chi connectivity index (χ1v) is 2.37. The Kier molecular flexibility index (Phi) is 9.27. The summed E-state index contributed by atoms with van der Waals surface area (Å²) < 4.78 is 0. The molecule has 1 unspecified atom stereocenters. The third kappa shape index (κ3) is 5.88. The second kappa shape index (κ2) is 6.88. The van der Waals surface area contributed by atoms with Crippen LogP contribution in [0.15, 0.2) is 12.7 Å². The Hall–Kier alpha value is -0.123. The topological polar surface area (TPSA) is 52.0 Å². The molecule has 0 aliphatic carbocycles. The van der Waals surface area contributed by atoms with Crippen molar-refractivity contribution in [3.05, 3.63) is 12.7 Å². The van der Waals surface area contributed by atoms with Crippen LogP contribution in [0.4, 0.5) is 0 Å². The van der Waals surface area contributed by atoms with Crippen LogP contribution >= 0.6 is 0 Å². The molecule has 0 aromatic rings. The molecule has 0 radical (unpaired) electrons. The lowest BCUT2D eigenvalue weighted by Gasteiger charge is -2.00. The van der Waals surface area contributed by atoms with Crippen LogP contribution in [0.1, 0.15) is 6.42 Å². The fraction of sp³-hybridized carbons (Fsp3) is 0.600. The van der Waals surface area contributed by atoms with E-state index in [0.717, 1.165) is 6.42 Å². The summed E-state index contributed by atoms with van der Waals surface area (Å²) in [4.78, 5) is 0. The Labute approximate surface area is 55.0 Å². The first-order chi connectivity index (χ1) is 3.31. The lowest BCUT2D eigenvalue weighted by molar-refractivity contribution is 0.694. The summed E-state index contributed by atoms with van der Waals surface area (Å²) in [6, 6.07) is 0.109. The largest absolute Gasteiger partial charge is 0.329 e. The van der Waals surface area contributed by atoms with Crippen molar-refractivity contribution in [2.24, 2.45) is 11.5 Å². The molecule has 0 rings (SSSR count). The molecule has 0 aromatic heterocycles. The number of rotatable bonds is 3. The first kappa shape index (κ1) is 10.8. The zero-order valence-electron chi connectivity index (χ0n) is 4.43. The van der Waals surface area contributed by atoms with E-state index in [0.29, 0.717) is 6.54 Å². The van der Waals surface area contributed by atoms with Gasteiger partial charge in [0, 0.05) is 12.6 Å². The molecule has 0 saturated heterocycles. The van der Waals surface area contributed by atoms with Crippen molar-refractivity contribution in [3.63, 3.8) is 0 Å². The zero-order valence-corrected chi connectivity index (χ0v) is 4.43. The van der Waals surface area contributed by atoms with Gasteiger partial charge in [-0.15, -0.1) is 6.58 Å². The Morgan fingerprint density at radius 3 is 2.25 bits per heavy atom. The highest BCUT2D eigenvalue weighted by Crippen LogP contribution is 1.82. The quantitative estimate of drug-likeness (QED) is 0.359. The van der Waals surface area contributed by atoms with Gasteiger partial charge in [0.2, 0.25) is 0 Å². The molecule has 4 N–H and O–H groups in total. The molecule has 0 heterocycles. The Balaban J connectivity index is 0. The molecule has 0 aliphatic rings. The van der Waals surface area contributed by atoms with Gasteiger partial charge in [0.1, 0.15) is 0 Å². The second-order valence-corrected chi connectivity index (χ2v) is 1.52. The molecule has 2 nitrogen and oxygen atoms in total. The van der Waals surface area contributed by atoms with Crippen LogP contribution < -0.4 is 11.5 Å². The summed E-state index contributed by atoms with van der Waals surface area (Å²) in [5, 5.41) is 0. The van der Waals surface area contributed by atoms with Crippen molar-refractivity contribution in [3.8, 4) is 0 Å². The van der Waals surface area contributed by atoms with Crippen molar-refractivity contribution in [1.29, 1.82) is 0 Å². The smallest absolute Gasteiger partial charge is 0.0197 e. The third-order valence-corrected chi connectivity index (χ3v) is 0.772. The van der Waals surface area contributed by atoms with E-state index in [-0.39, 0.29) is 17.0 Å². The van der Waals surface area contributed by atoms with Gasteiger partial charge in [-0.3, -0.25) is 0 Å². The van der Waals surface area contributed by atoms with Gasteiger partial charge in [-0.2, -0.15) is 0 Å². The second-order valence-electron chi connectivity index (χ2n) is 1.52. The van der Waals surface area contributed by atoms with Crippen LogP contribution in [0.5, 0.6) is 0 Å². The minimum atomic E-state index is 0. The van der Waals surface area contributed by atoms with Gasteiger partial charge >= 0.3 is 0 Å². The van der Waals surface area contributed by atoms with E-state index >= 15 is 0 Å². The summed E-state index contributed by atoms with van der Waals surface area (Å²) in [5.41, 5.74) is 10.6. The normalized spacial score (nSPS) is 11.8. The maximum absolute atomic E-state index is 5.39. The summed E-state index contributed by atoms with van der Waals surface area (Å²) >= 11 is 0. The molecule has 0 saturated carbocycles. The van der Waals surface area contributed by atoms with E-state index in [1.807, 2.05) is 0 Å². The zero-order chi connectivity index (χ0) is 5.70. The highest BCUT2D eigenvalue weighted by Gasteiger charge is 1.90. The van der Waals surface area contributed by atoms with E-state index in [4.69, 9.17) is 11.5 Å². The Bertz CT molecular complexity index is 56.4. The summed E-state index contributed by atoms with van der Waals surface area (Å²) in [7, 11) is 0. The van der Waals surface area contributed by atoms with Gasteiger partial charge in [-0.05, 0) is 17.4 Å². The summed E-state index contributed by atoms with van der Waals surface area (Å²) in [5.74, 6) is 0. The molecule has 0 amide bonds. The Morgan fingerprint density at radius 2 is 2.12 bits per heavy atom. The van der Waals surface area contributed by atoms with E-state index in [9.17, 15) is 0 Å². The average molecular weight is 132 g/mol. The monoisotopic (exact) mass is 132 g/mol. The fourth-order valence-corrected chi connectivity index (χ4v) is 0.310. The van der Waals surface area contributed by atoms with E-state index < -0.39 is 0 Å². The number of nitrogens with two attached hydrogens (primary N) is 2. The molecule has 0 fully saturated rings. The minimum absolute atomic E-state index is 0. The van der Waals surface area contributed by atoms with Crippen molar-refractivity contribution >= 4 is 11.0 Å². The van der Waals surface area contributed by atoms with Gasteiger partial charge in [-0.25, -0.2) is 0 Å². The lowest BCUT2D eigenvalue weighted by Crippen LogP contribution is -2.28. The maximum atomic E-state index is 5.39. The Morgan fingerprint density at radius 1 is 1.62 bits per heavy atom. The van der Waals surface area contributed by atoms with Gasteiger partial charge in [0.25, 0.3) is 0 Å². The average Bonchev–Trinajstić information content (AvgIpc) is 1.68. The molecular formula is C5H16N2Si. The van der Waals surface area contributed by atoms with Crippen LogP contribution in [0.2, 0.25) is 0 Å². The van der Waals surface area contributed by atoms with E-state index in [1.54, 1.807) is 6.08 Å². The van der Waals surface area contributed by atoms with Crippen molar-refractivity contribution < 1.29 is 0 Å². The third-order valence-electron chi connectivity index (χ3n) is 0.772. The highest BCUT2D eigenvalue weighted by molar-refractivity contribution is 5.75. The molecule has 0 aromatic carbocycles. The van der Waals surface area contributed by atoms with E-state index in [1.165, 1.54) is 0 Å². The molecule has 50 valence electrons. The van der Waals surface area contributed by atoms with Crippen LogP contribution in [0.3, 0.4) is 0 Å². The van der Waals surface area contributed by atoms with Crippen molar-refractivity contribution in [1.82, 2.24) is 0 Å². The molecule has 0 spiro atoms. The maximum Gasteiger partial charge on any atom is 0.0197 e. The standard InChI is InChI=1S/C5H12N2.H4Si/c1-2-3-5(7)4-6;/h2,5H,1,3-4,6-7H2;1H4. The molecule has 1 atom stereocenters. The van der Waals surface area contributed by atoms with Gasteiger partial charge < -0.3 is 11.5 Å². The van der Waals surface area contributed by atoms with Crippen LogP contribution in [-0.4, -0.2) is 23.6 Å². The van der Waals surface area contributed by atoms with Gasteiger partial charge in [0.05, 0.1) is 0 Å². The van der Waals surface area contributed by atoms with Gasteiger partial charge in [0.15, 0.2) is 0 Å². The van der Waals surface area contributed by atoms with Gasteiger partial charge in [-0.1, -0.05) is 6.08 Å². The predicted molar refractivity (Wildman–Crippen MR) is 43.2 cm³/mol. The number of hydrogen-bond acceptors (Lipinski definition) is 2. The minimum Gasteiger partial charge on any atom is -0.329 e. The summed E-state index contributed by atoms with van der Waals surface area (Å²) in [6.07, 6.45) is 2.59. The molecule has 3 heteroatoms. The highest BCUT2D eigenvalue weighted by atomic mass is 28.1. The molecule has 8 heavy (non-hydrogen) atoms. The SMILES string of the molecule is C=CCC(N)CN.[SiH4]. The van der Waals surface area contributed by atoms with Crippen LogP contribution in [0, 0.1) is 0 Å². The first-order valence-electron chi connectivity index (χ1n) is 2.37. The lowest BCUT2D eigenvalue weighted by atomic mass is 10.2. The predicted octanol–water partition coefficient (Wildman–Crippen LogP) is -1.60. The molecule has 0 bridgehead atoms. The fourth-order valence-electron chi connectivity index (χ4n) is 0.310. The van der Waals surface area contributed by atoms with Crippen molar-refractivity contribution in [2.45, 2.75) is 12.5 Å². The van der Waals surface area contributed by atoms with E-state index in [2.05, 4.69) is 6.58 Å². The molecule has 0 aliphatic heterocycles. The van der Waals surface area contributed by atoms with Crippen LogP contribution in [0.25, 0.3) is 0 Å². The summed E-state index contributed by atoms with van der Waals surface area (Å²) in [6.45, 7) is 4.06. The van der Waals surface area contributed by atoms with Crippen molar-refractivity contribution in [2.75, 3.05) is 6.54 Å².